The predicted octanol–water partition coefficient (Wildman–Crippen LogP) is 1.10. The van der Waals surface area contributed by atoms with Gasteiger partial charge in [0.25, 0.3) is 0 Å². The number of hydrogen-bond acceptors (Lipinski definition) is 4. The van der Waals surface area contributed by atoms with Gasteiger partial charge < -0.3 is 14.9 Å². The molecule has 0 aliphatic carbocycles. The third-order valence-corrected chi connectivity index (χ3v) is 2.87. The highest BCUT2D eigenvalue weighted by Crippen LogP contribution is 2.26. The first-order valence-corrected chi connectivity index (χ1v) is 6.09. The Morgan fingerprint density at radius 2 is 2.00 bits per heavy atom. The van der Waals surface area contributed by atoms with Gasteiger partial charge in [0.05, 0.1) is 19.8 Å². The van der Waals surface area contributed by atoms with Crippen molar-refractivity contribution in [3.8, 4) is 5.75 Å². The van der Waals surface area contributed by atoms with E-state index in [1.165, 1.54) is 5.56 Å². The molecule has 1 aromatic carbocycles. The second-order valence-electron chi connectivity index (χ2n) is 4.81. The van der Waals surface area contributed by atoms with Crippen LogP contribution < -0.4 is 4.74 Å². The number of aliphatic hydroxyl groups is 2. The average molecular weight is 253 g/mol. The summed E-state index contributed by atoms with van der Waals surface area (Å²) in [5.41, 5.74) is 3.41. The Labute approximate surface area is 109 Å². The second kappa shape index (κ2) is 6.73. The maximum atomic E-state index is 9.42. The molecule has 1 atom stereocenters. The summed E-state index contributed by atoms with van der Waals surface area (Å²) in [6.07, 6.45) is -0.702. The van der Waals surface area contributed by atoms with Crippen LogP contribution >= 0.6 is 0 Å². The lowest BCUT2D eigenvalue weighted by atomic mass is 10.0. The van der Waals surface area contributed by atoms with Gasteiger partial charge in [-0.15, -0.1) is 0 Å². The summed E-state index contributed by atoms with van der Waals surface area (Å²) in [6.45, 7) is 4.99. The fourth-order valence-corrected chi connectivity index (χ4v) is 2.22. The lowest BCUT2D eigenvalue weighted by Crippen LogP contribution is -2.31. The van der Waals surface area contributed by atoms with Gasteiger partial charge in [-0.25, -0.2) is 0 Å². The van der Waals surface area contributed by atoms with Gasteiger partial charge in [-0.3, -0.25) is 4.90 Å². The van der Waals surface area contributed by atoms with Gasteiger partial charge in [0.15, 0.2) is 0 Å². The highest BCUT2D eigenvalue weighted by Gasteiger charge is 2.12. The summed E-state index contributed by atoms with van der Waals surface area (Å²) in [6, 6.07) is 4.18. The summed E-state index contributed by atoms with van der Waals surface area (Å²) in [4.78, 5) is 1.97. The molecule has 1 aromatic rings. The van der Waals surface area contributed by atoms with Gasteiger partial charge in [0, 0.05) is 18.7 Å². The number of hydrogen-bond donors (Lipinski definition) is 2. The monoisotopic (exact) mass is 253 g/mol. The van der Waals surface area contributed by atoms with E-state index in [1.54, 1.807) is 7.11 Å². The number of ether oxygens (including phenoxy) is 1. The molecule has 0 spiro atoms. The van der Waals surface area contributed by atoms with Crippen molar-refractivity contribution in [2.75, 3.05) is 27.3 Å². The Bertz CT molecular complexity index is 393. The smallest absolute Gasteiger partial charge is 0.126 e. The van der Waals surface area contributed by atoms with Crippen molar-refractivity contribution < 1.29 is 14.9 Å². The Morgan fingerprint density at radius 3 is 2.56 bits per heavy atom. The van der Waals surface area contributed by atoms with Crippen molar-refractivity contribution in [2.45, 2.75) is 26.5 Å². The molecule has 0 fully saturated rings. The molecule has 0 aliphatic rings. The zero-order valence-corrected chi connectivity index (χ0v) is 11.6. The van der Waals surface area contributed by atoms with Gasteiger partial charge in [0.1, 0.15) is 5.75 Å². The Morgan fingerprint density at radius 1 is 1.33 bits per heavy atom. The van der Waals surface area contributed by atoms with Crippen LogP contribution in [0.5, 0.6) is 5.75 Å². The lowest BCUT2D eigenvalue weighted by Gasteiger charge is -2.21. The molecule has 1 unspecified atom stereocenters. The van der Waals surface area contributed by atoms with E-state index >= 15 is 0 Å². The van der Waals surface area contributed by atoms with Crippen LogP contribution in [-0.4, -0.2) is 48.5 Å². The number of rotatable bonds is 6. The van der Waals surface area contributed by atoms with Gasteiger partial charge in [-0.2, -0.15) is 0 Å². The SMILES string of the molecule is COc1c(C)cc(C)cc1CN(C)CC(O)CO. The number of benzene rings is 1. The van der Waals surface area contributed by atoms with Gasteiger partial charge in [0.2, 0.25) is 0 Å². The van der Waals surface area contributed by atoms with E-state index in [1.807, 2.05) is 18.9 Å². The summed E-state index contributed by atoms with van der Waals surface area (Å²) in [7, 11) is 3.58. The first kappa shape index (κ1) is 15.0. The van der Waals surface area contributed by atoms with E-state index in [2.05, 4.69) is 19.1 Å². The van der Waals surface area contributed by atoms with E-state index in [9.17, 15) is 5.11 Å². The van der Waals surface area contributed by atoms with Gasteiger partial charge in [-0.05, 0) is 26.5 Å². The van der Waals surface area contributed by atoms with Crippen LogP contribution in [0.2, 0.25) is 0 Å². The molecule has 1 rings (SSSR count). The maximum absolute atomic E-state index is 9.42. The van der Waals surface area contributed by atoms with E-state index in [0.717, 1.165) is 16.9 Å². The summed E-state index contributed by atoms with van der Waals surface area (Å²) >= 11 is 0. The quantitative estimate of drug-likeness (QED) is 0.797. The minimum atomic E-state index is -0.702. The zero-order chi connectivity index (χ0) is 13.7. The van der Waals surface area contributed by atoms with Crippen LogP contribution in [0.25, 0.3) is 0 Å². The number of methoxy groups -OCH3 is 1. The van der Waals surface area contributed by atoms with E-state index < -0.39 is 6.10 Å². The molecule has 0 saturated heterocycles. The highest BCUT2D eigenvalue weighted by atomic mass is 16.5. The number of aliphatic hydroxyl groups excluding tert-OH is 2. The molecule has 0 bridgehead atoms. The highest BCUT2D eigenvalue weighted by molar-refractivity contribution is 5.43. The molecule has 0 aromatic heterocycles. The zero-order valence-electron chi connectivity index (χ0n) is 11.6. The normalized spacial score (nSPS) is 12.8. The van der Waals surface area contributed by atoms with Gasteiger partial charge in [-0.1, -0.05) is 17.7 Å². The van der Waals surface area contributed by atoms with E-state index in [0.29, 0.717) is 13.1 Å². The van der Waals surface area contributed by atoms with Crippen molar-refractivity contribution in [2.24, 2.45) is 0 Å². The molecule has 2 N–H and O–H groups in total. The van der Waals surface area contributed by atoms with E-state index in [4.69, 9.17) is 9.84 Å². The molecule has 4 heteroatoms. The molecule has 0 radical (unpaired) electrons. The first-order valence-electron chi connectivity index (χ1n) is 6.09. The topological polar surface area (TPSA) is 52.9 Å². The minimum absolute atomic E-state index is 0.214. The Balaban J connectivity index is 2.83. The Hall–Kier alpha value is -1.10. The van der Waals surface area contributed by atoms with Crippen molar-refractivity contribution in [3.05, 3.63) is 28.8 Å². The van der Waals surface area contributed by atoms with Crippen LogP contribution in [-0.2, 0) is 6.54 Å². The summed E-state index contributed by atoms with van der Waals surface area (Å²) in [5.74, 6) is 0.894. The van der Waals surface area contributed by atoms with Gasteiger partial charge >= 0.3 is 0 Å². The molecule has 0 saturated carbocycles. The third kappa shape index (κ3) is 3.98. The van der Waals surface area contributed by atoms with E-state index in [-0.39, 0.29) is 6.61 Å². The standard InChI is InChI=1S/C14H23NO3/c1-10-5-11(2)14(18-4)12(6-10)7-15(3)8-13(17)9-16/h5-6,13,16-17H,7-9H2,1-4H3. The van der Waals surface area contributed by atoms with Crippen molar-refractivity contribution in [1.82, 2.24) is 4.90 Å². The number of nitrogens with zero attached hydrogens (tertiary/aromatic N) is 1. The molecule has 0 amide bonds. The van der Waals surface area contributed by atoms with Crippen LogP contribution in [0, 0.1) is 13.8 Å². The lowest BCUT2D eigenvalue weighted by molar-refractivity contribution is 0.0646. The number of aryl methyl sites for hydroxylation is 2. The molecule has 0 aliphatic heterocycles. The van der Waals surface area contributed by atoms with Crippen LogP contribution in [0.4, 0.5) is 0 Å². The summed E-state index contributed by atoms with van der Waals surface area (Å²) < 4.78 is 5.42. The van der Waals surface area contributed by atoms with Crippen molar-refractivity contribution in [1.29, 1.82) is 0 Å². The molecule has 102 valence electrons. The van der Waals surface area contributed by atoms with Crippen LogP contribution in [0.15, 0.2) is 12.1 Å². The third-order valence-electron chi connectivity index (χ3n) is 2.87. The Kier molecular flexibility index (Phi) is 5.59. The van der Waals surface area contributed by atoms with Crippen molar-refractivity contribution >= 4 is 0 Å². The summed E-state index contributed by atoms with van der Waals surface area (Å²) in [5, 5.41) is 18.3. The fourth-order valence-electron chi connectivity index (χ4n) is 2.22. The molecule has 18 heavy (non-hydrogen) atoms. The largest absolute Gasteiger partial charge is 0.496 e. The molecular weight excluding hydrogens is 230 g/mol. The van der Waals surface area contributed by atoms with Crippen LogP contribution in [0.3, 0.4) is 0 Å². The average Bonchev–Trinajstić information content (AvgIpc) is 2.28. The minimum Gasteiger partial charge on any atom is -0.496 e. The number of likely N-dealkylation sites (N-methyl/N-ethyl adjacent to an activating group) is 1. The van der Waals surface area contributed by atoms with Crippen LogP contribution in [0.1, 0.15) is 16.7 Å². The van der Waals surface area contributed by atoms with Crippen molar-refractivity contribution in [3.63, 3.8) is 0 Å². The molecule has 0 heterocycles. The fraction of sp³-hybridized carbons (Fsp3) is 0.571. The predicted molar refractivity (Wildman–Crippen MR) is 71.9 cm³/mol. The molecular formula is C14H23NO3. The second-order valence-corrected chi connectivity index (χ2v) is 4.81. The first-order chi connectivity index (χ1) is 8.47. The maximum Gasteiger partial charge on any atom is 0.126 e. The molecule has 4 nitrogen and oxygen atoms in total.